The minimum absolute atomic E-state index is 0.159. The van der Waals surface area contributed by atoms with E-state index in [0.717, 1.165) is 13.4 Å². The predicted molar refractivity (Wildman–Crippen MR) is 81.4 cm³/mol. The van der Waals surface area contributed by atoms with Crippen LogP contribution in [0.15, 0.2) is 25.6 Å². The number of alkyl halides is 1. The van der Waals surface area contributed by atoms with Gasteiger partial charge in [-0.2, -0.15) is 0 Å². The molecule has 0 bridgehead atoms. The van der Waals surface area contributed by atoms with Crippen LogP contribution in [-0.4, -0.2) is 21.4 Å². The summed E-state index contributed by atoms with van der Waals surface area (Å²) in [6.07, 6.45) is 0. The average Bonchev–Trinajstić information content (AvgIpc) is 2.28. The van der Waals surface area contributed by atoms with Crippen molar-refractivity contribution in [2.24, 2.45) is 0 Å². The highest BCUT2D eigenvalue weighted by Crippen LogP contribution is 2.37. The number of rotatable bonds is 6. The molecule has 0 N–H and O–H groups in total. The van der Waals surface area contributed by atoms with Crippen molar-refractivity contribution < 1.29 is 13.9 Å². The Morgan fingerprint density at radius 1 is 1.24 bits per heavy atom. The van der Waals surface area contributed by atoms with E-state index in [0.29, 0.717) is 17.2 Å². The van der Waals surface area contributed by atoms with E-state index in [4.69, 9.17) is 13.9 Å². The van der Waals surface area contributed by atoms with Gasteiger partial charge in [0.05, 0.1) is 4.47 Å². The average molecular weight is 512 g/mol. The second-order valence-corrected chi connectivity index (χ2v) is 7.64. The van der Waals surface area contributed by atoms with Gasteiger partial charge in [-0.3, -0.25) is 0 Å². The van der Waals surface area contributed by atoms with Gasteiger partial charge in [0.2, 0.25) is 0 Å². The number of benzene rings is 1. The molecule has 94 valence electrons. The maximum absolute atomic E-state index is 5.21. The third kappa shape index (κ3) is 5.71. The largest absolute Gasteiger partial charge is 0.491 e. The Morgan fingerprint density at radius 3 is 2.59 bits per heavy atom. The highest BCUT2D eigenvalue weighted by Gasteiger charge is 2.10. The van der Waals surface area contributed by atoms with Crippen molar-refractivity contribution in [3.63, 3.8) is 0 Å². The molecule has 0 saturated heterocycles. The predicted octanol–water partition coefficient (Wildman–Crippen LogP) is 4.62. The highest BCUT2D eigenvalue weighted by molar-refractivity contribution is 9.14. The Hall–Kier alpha value is 1.08. The third-order valence-corrected chi connectivity index (χ3v) is 5.57. The van der Waals surface area contributed by atoms with Gasteiger partial charge in [0.25, 0.3) is 0 Å². The summed E-state index contributed by atoms with van der Waals surface area (Å²) >= 11 is 13.6. The van der Waals surface area contributed by atoms with Crippen LogP contribution in [0.2, 0.25) is 0 Å². The summed E-state index contributed by atoms with van der Waals surface area (Å²) in [5.41, 5.74) is 0. The Labute approximate surface area is 136 Å². The SMILES string of the molecule is CC(Br)CO[Si]OOc1ccc(Br)c(Br)c1Br. The molecule has 3 nitrogen and oxygen atoms in total. The molecule has 0 amide bonds. The van der Waals surface area contributed by atoms with E-state index in [1.807, 2.05) is 13.0 Å². The maximum atomic E-state index is 5.21. The molecule has 0 fully saturated rings. The van der Waals surface area contributed by atoms with Gasteiger partial charge in [0.1, 0.15) is 0 Å². The fourth-order valence-electron chi connectivity index (χ4n) is 0.807. The standard InChI is InChI=1S/C9H8Br4O3Si/c1-5(10)4-14-17-16-15-7-3-2-6(11)8(12)9(7)13/h2-3,5H,4H2,1H3. The van der Waals surface area contributed by atoms with Crippen molar-refractivity contribution in [1.29, 1.82) is 0 Å². The number of halogens is 4. The molecule has 17 heavy (non-hydrogen) atoms. The van der Waals surface area contributed by atoms with Gasteiger partial charge in [-0.05, 0) is 59.9 Å². The normalized spacial score (nSPS) is 12.5. The third-order valence-electron chi connectivity index (χ3n) is 1.54. The Morgan fingerprint density at radius 2 is 1.94 bits per heavy atom. The molecule has 0 aromatic heterocycles. The molecule has 1 rings (SSSR count). The summed E-state index contributed by atoms with van der Waals surface area (Å²) < 4.78 is 12.8. The molecule has 0 heterocycles. The zero-order valence-electron chi connectivity index (χ0n) is 8.68. The quantitative estimate of drug-likeness (QED) is 0.139. The molecular formula is C9H8Br4O3Si. The van der Waals surface area contributed by atoms with Crippen LogP contribution in [-0.2, 0) is 9.00 Å². The van der Waals surface area contributed by atoms with Crippen LogP contribution in [0.5, 0.6) is 5.75 Å². The zero-order chi connectivity index (χ0) is 12.8. The first kappa shape index (κ1) is 16.1. The van der Waals surface area contributed by atoms with Gasteiger partial charge in [-0.25, -0.2) is 4.58 Å². The minimum Gasteiger partial charge on any atom is -0.389 e. The summed E-state index contributed by atoms with van der Waals surface area (Å²) in [5, 5.41) is 0. The maximum Gasteiger partial charge on any atom is 0.491 e. The second kappa shape index (κ2) is 8.29. The van der Waals surface area contributed by atoms with Gasteiger partial charge in [-0.15, -0.1) is 0 Å². The summed E-state index contributed by atoms with van der Waals surface area (Å²) in [4.78, 5) is 5.43. The van der Waals surface area contributed by atoms with Crippen molar-refractivity contribution in [3.05, 3.63) is 25.6 Å². The molecule has 0 aliphatic rings. The molecule has 0 aliphatic carbocycles. The summed E-state index contributed by atoms with van der Waals surface area (Å²) in [6, 6.07) is 3.65. The smallest absolute Gasteiger partial charge is 0.389 e. The first-order chi connectivity index (χ1) is 8.02. The lowest BCUT2D eigenvalue weighted by molar-refractivity contribution is -0.116. The van der Waals surface area contributed by atoms with Crippen LogP contribution < -0.4 is 4.89 Å². The van der Waals surface area contributed by atoms with Crippen LogP contribution >= 0.6 is 63.7 Å². The molecular weight excluding hydrogens is 504 g/mol. The molecule has 2 radical (unpaired) electrons. The van der Waals surface area contributed by atoms with Gasteiger partial charge in [0, 0.05) is 20.4 Å². The van der Waals surface area contributed by atoms with Gasteiger partial charge < -0.3 is 9.31 Å². The van der Waals surface area contributed by atoms with E-state index < -0.39 is 0 Å². The molecule has 1 aromatic carbocycles. The van der Waals surface area contributed by atoms with Crippen molar-refractivity contribution in [2.45, 2.75) is 11.8 Å². The first-order valence-electron chi connectivity index (χ1n) is 4.50. The number of hydrogen-bond donors (Lipinski definition) is 0. The van der Waals surface area contributed by atoms with Crippen molar-refractivity contribution in [2.75, 3.05) is 6.61 Å². The van der Waals surface area contributed by atoms with Crippen LogP contribution in [0.1, 0.15) is 6.92 Å². The van der Waals surface area contributed by atoms with Gasteiger partial charge in [0.15, 0.2) is 5.75 Å². The molecule has 8 heteroatoms. The minimum atomic E-state index is -0.159. The van der Waals surface area contributed by atoms with Gasteiger partial charge in [-0.1, -0.05) is 22.9 Å². The molecule has 1 unspecified atom stereocenters. The van der Waals surface area contributed by atoms with Crippen molar-refractivity contribution in [1.82, 2.24) is 0 Å². The Bertz CT molecular complexity index is 376. The van der Waals surface area contributed by atoms with Crippen molar-refractivity contribution in [3.8, 4) is 5.75 Å². The zero-order valence-corrected chi connectivity index (χ0v) is 16.0. The second-order valence-electron chi connectivity index (χ2n) is 3.02. The van der Waals surface area contributed by atoms with Crippen molar-refractivity contribution >= 4 is 73.7 Å². The van der Waals surface area contributed by atoms with E-state index in [-0.39, 0.29) is 10.0 Å². The highest BCUT2D eigenvalue weighted by atomic mass is 79.9. The lowest BCUT2D eigenvalue weighted by Crippen LogP contribution is -2.12. The Kier molecular flexibility index (Phi) is 7.87. The van der Waals surface area contributed by atoms with Crippen LogP contribution in [0.3, 0.4) is 0 Å². The Balaban J connectivity index is 2.40. The lowest BCUT2D eigenvalue weighted by atomic mass is 10.3. The van der Waals surface area contributed by atoms with Crippen LogP contribution in [0.4, 0.5) is 0 Å². The van der Waals surface area contributed by atoms with E-state index in [1.54, 1.807) is 6.07 Å². The van der Waals surface area contributed by atoms with E-state index >= 15 is 0 Å². The molecule has 0 aliphatic heterocycles. The summed E-state index contributed by atoms with van der Waals surface area (Å²) in [5.74, 6) is 0.586. The first-order valence-corrected chi connectivity index (χ1v) is 8.61. The van der Waals surface area contributed by atoms with E-state index in [1.165, 1.54) is 0 Å². The molecule has 1 atom stereocenters. The molecule has 1 aromatic rings. The van der Waals surface area contributed by atoms with Crippen LogP contribution in [0, 0.1) is 0 Å². The fourth-order valence-corrected chi connectivity index (χ4v) is 3.01. The van der Waals surface area contributed by atoms with E-state index in [9.17, 15) is 0 Å². The number of hydrogen-bond acceptors (Lipinski definition) is 3. The van der Waals surface area contributed by atoms with E-state index in [2.05, 4.69) is 63.7 Å². The molecule has 0 saturated carbocycles. The monoisotopic (exact) mass is 508 g/mol. The molecule has 0 spiro atoms. The van der Waals surface area contributed by atoms with Crippen LogP contribution in [0.25, 0.3) is 0 Å². The van der Waals surface area contributed by atoms with Gasteiger partial charge >= 0.3 is 10.0 Å². The summed E-state index contributed by atoms with van der Waals surface area (Å²) in [6.45, 7) is 2.57. The summed E-state index contributed by atoms with van der Waals surface area (Å²) in [7, 11) is -0.159. The fraction of sp³-hybridized carbons (Fsp3) is 0.333. The lowest BCUT2D eigenvalue weighted by Gasteiger charge is -2.08. The topological polar surface area (TPSA) is 27.7 Å².